The van der Waals surface area contributed by atoms with Crippen molar-refractivity contribution in [3.05, 3.63) is 35.0 Å². The van der Waals surface area contributed by atoms with E-state index in [9.17, 15) is 4.79 Å². The first-order valence-electron chi connectivity index (χ1n) is 5.88. The van der Waals surface area contributed by atoms with Crippen molar-refractivity contribution >= 4 is 22.6 Å². The monoisotopic (exact) mass is 244 g/mol. The van der Waals surface area contributed by atoms with Crippen molar-refractivity contribution in [2.75, 3.05) is 12.3 Å². The lowest BCUT2D eigenvalue weighted by Crippen LogP contribution is -2.12. The molecule has 0 fully saturated rings. The van der Waals surface area contributed by atoms with Crippen LogP contribution in [-0.2, 0) is 4.74 Å². The number of anilines is 1. The van der Waals surface area contributed by atoms with Crippen molar-refractivity contribution in [2.24, 2.45) is 0 Å². The van der Waals surface area contributed by atoms with Gasteiger partial charge in [0, 0.05) is 5.39 Å². The molecule has 0 unspecified atom stereocenters. The fourth-order valence-corrected chi connectivity index (χ4v) is 2.11. The fraction of sp³-hybridized carbons (Fsp3) is 0.286. The Morgan fingerprint density at radius 1 is 1.39 bits per heavy atom. The number of fused-ring (bicyclic) bond motifs is 1. The first-order chi connectivity index (χ1) is 8.56. The molecule has 2 rings (SSSR count). The van der Waals surface area contributed by atoms with Crippen LogP contribution in [-0.4, -0.2) is 17.6 Å². The molecule has 0 spiro atoms. The summed E-state index contributed by atoms with van der Waals surface area (Å²) < 4.78 is 5.02. The van der Waals surface area contributed by atoms with Gasteiger partial charge in [0.25, 0.3) is 0 Å². The molecule has 1 heterocycles. The van der Waals surface area contributed by atoms with E-state index in [1.165, 1.54) is 0 Å². The highest BCUT2D eigenvalue weighted by Gasteiger charge is 2.18. The second-order valence-electron chi connectivity index (χ2n) is 4.18. The smallest absolute Gasteiger partial charge is 0.342 e. The predicted octanol–water partition coefficient (Wildman–Crippen LogP) is 2.61. The van der Waals surface area contributed by atoms with E-state index in [0.717, 1.165) is 16.5 Å². The standard InChI is InChI=1S/C14H16N2O2/c1-4-18-14(17)12-9(3)16-10-7-5-6-8(2)11(10)13(12)15/h5-7H,4H2,1-3H3,(H2,15,16). The van der Waals surface area contributed by atoms with Crippen LogP contribution in [0.2, 0.25) is 0 Å². The molecule has 18 heavy (non-hydrogen) atoms. The third-order valence-electron chi connectivity index (χ3n) is 2.92. The van der Waals surface area contributed by atoms with Gasteiger partial charge in [0.15, 0.2) is 0 Å². The summed E-state index contributed by atoms with van der Waals surface area (Å²) in [5.41, 5.74) is 9.35. The zero-order chi connectivity index (χ0) is 13.3. The number of carbonyl (C=O) groups excluding carboxylic acids is 1. The number of ether oxygens (including phenoxy) is 1. The third kappa shape index (κ3) is 1.90. The van der Waals surface area contributed by atoms with E-state index in [4.69, 9.17) is 10.5 Å². The van der Waals surface area contributed by atoms with Crippen molar-refractivity contribution in [2.45, 2.75) is 20.8 Å². The first kappa shape index (κ1) is 12.4. The highest BCUT2D eigenvalue weighted by molar-refractivity contribution is 6.06. The van der Waals surface area contributed by atoms with Crippen LogP contribution >= 0.6 is 0 Å². The number of aromatic nitrogens is 1. The Balaban J connectivity index is 2.75. The molecular weight excluding hydrogens is 228 g/mol. The van der Waals surface area contributed by atoms with Crippen LogP contribution in [0.3, 0.4) is 0 Å². The van der Waals surface area contributed by atoms with E-state index in [-0.39, 0.29) is 0 Å². The lowest BCUT2D eigenvalue weighted by Gasteiger charge is -2.12. The maximum atomic E-state index is 11.9. The van der Waals surface area contributed by atoms with Gasteiger partial charge >= 0.3 is 5.97 Å². The second-order valence-corrected chi connectivity index (χ2v) is 4.18. The summed E-state index contributed by atoms with van der Waals surface area (Å²) in [6, 6.07) is 5.76. The molecule has 0 radical (unpaired) electrons. The van der Waals surface area contributed by atoms with Gasteiger partial charge in [-0.15, -0.1) is 0 Å². The van der Waals surface area contributed by atoms with Crippen LogP contribution < -0.4 is 5.73 Å². The summed E-state index contributed by atoms with van der Waals surface area (Å²) in [4.78, 5) is 16.3. The summed E-state index contributed by atoms with van der Waals surface area (Å²) in [5, 5.41) is 0.825. The number of hydrogen-bond acceptors (Lipinski definition) is 4. The number of nitrogens with zero attached hydrogens (tertiary/aromatic N) is 1. The highest BCUT2D eigenvalue weighted by Crippen LogP contribution is 2.28. The molecule has 0 amide bonds. The normalized spacial score (nSPS) is 10.6. The van der Waals surface area contributed by atoms with Crippen LogP contribution in [0.25, 0.3) is 10.9 Å². The number of rotatable bonds is 2. The molecule has 4 nitrogen and oxygen atoms in total. The zero-order valence-electron chi connectivity index (χ0n) is 10.8. The maximum absolute atomic E-state index is 11.9. The maximum Gasteiger partial charge on any atom is 0.342 e. The van der Waals surface area contributed by atoms with Gasteiger partial charge in [-0.3, -0.25) is 4.98 Å². The SMILES string of the molecule is CCOC(=O)c1c(C)nc2cccc(C)c2c1N. The Hall–Kier alpha value is -2.10. The highest BCUT2D eigenvalue weighted by atomic mass is 16.5. The molecule has 1 aromatic heterocycles. The number of nitrogens with two attached hydrogens (primary N) is 1. The quantitative estimate of drug-likeness (QED) is 0.825. The molecule has 0 atom stereocenters. The van der Waals surface area contributed by atoms with Gasteiger partial charge in [-0.1, -0.05) is 12.1 Å². The van der Waals surface area contributed by atoms with Crippen molar-refractivity contribution < 1.29 is 9.53 Å². The number of pyridine rings is 1. The number of nitrogen functional groups attached to an aromatic ring is 1. The van der Waals surface area contributed by atoms with Crippen LogP contribution in [0.4, 0.5) is 5.69 Å². The molecule has 0 saturated carbocycles. The van der Waals surface area contributed by atoms with E-state index in [1.54, 1.807) is 13.8 Å². The van der Waals surface area contributed by atoms with Crippen molar-refractivity contribution in [3.63, 3.8) is 0 Å². The molecule has 1 aromatic carbocycles. The Bertz CT molecular complexity index is 621. The summed E-state index contributed by atoms with van der Waals surface area (Å²) in [6.07, 6.45) is 0. The molecule has 2 aromatic rings. The minimum Gasteiger partial charge on any atom is -0.462 e. The van der Waals surface area contributed by atoms with Gasteiger partial charge in [0.05, 0.1) is 23.5 Å². The van der Waals surface area contributed by atoms with E-state index >= 15 is 0 Å². The van der Waals surface area contributed by atoms with Crippen molar-refractivity contribution in [1.29, 1.82) is 0 Å². The van der Waals surface area contributed by atoms with Crippen molar-refractivity contribution in [1.82, 2.24) is 4.98 Å². The minimum atomic E-state index is -0.412. The van der Waals surface area contributed by atoms with Gasteiger partial charge in [-0.2, -0.15) is 0 Å². The summed E-state index contributed by atoms with van der Waals surface area (Å²) in [7, 11) is 0. The lowest BCUT2D eigenvalue weighted by molar-refractivity contribution is 0.0526. The molecule has 2 N–H and O–H groups in total. The Morgan fingerprint density at radius 2 is 2.11 bits per heavy atom. The van der Waals surface area contributed by atoms with Crippen LogP contribution in [0.1, 0.15) is 28.5 Å². The summed E-state index contributed by atoms with van der Waals surface area (Å²) >= 11 is 0. The van der Waals surface area contributed by atoms with Crippen LogP contribution in [0.5, 0.6) is 0 Å². The van der Waals surface area contributed by atoms with Crippen LogP contribution in [0, 0.1) is 13.8 Å². The number of aryl methyl sites for hydroxylation is 2. The van der Waals surface area contributed by atoms with Crippen molar-refractivity contribution in [3.8, 4) is 0 Å². The van der Waals surface area contributed by atoms with Gasteiger partial charge in [0.2, 0.25) is 0 Å². The molecule has 4 heteroatoms. The van der Waals surface area contributed by atoms with Crippen LogP contribution in [0.15, 0.2) is 18.2 Å². The molecule has 94 valence electrons. The number of hydrogen-bond donors (Lipinski definition) is 1. The molecule has 0 aliphatic rings. The molecular formula is C14H16N2O2. The van der Waals surface area contributed by atoms with Gasteiger partial charge in [-0.25, -0.2) is 4.79 Å². The van der Waals surface area contributed by atoms with E-state index < -0.39 is 5.97 Å². The zero-order valence-corrected chi connectivity index (χ0v) is 10.8. The number of esters is 1. The average Bonchev–Trinajstić information content (AvgIpc) is 2.28. The third-order valence-corrected chi connectivity index (χ3v) is 2.92. The molecule has 0 aliphatic carbocycles. The molecule has 0 saturated heterocycles. The minimum absolute atomic E-state index is 0.323. The van der Waals surface area contributed by atoms with Gasteiger partial charge < -0.3 is 10.5 Å². The molecule has 0 aliphatic heterocycles. The van der Waals surface area contributed by atoms with E-state index in [1.807, 2.05) is 25.1 Å². The molecule has 0 bridgehead atoms. The van der Waals surface area contributed by atoms with Gasteiger partial charge in [-0.05, 0) is 32.4 Å². The largest absolute Gasteiger partial charge is 0.462 e. The number of carbonyl (C=O) groups is 1. The second kappa shape index (κ2) is 4.64. The summed E-state index contributed by atoms with van der Waals surface area (Å²) in [5.74, 6) is -0.412. The predicted molar refractivity (Wildman–Crippen MR) is 71.6 cm³/mol. The van der Waals surface area contributed by atoms with E-state index in [2.05, 4.69) is 4.98 Å². The first-order valence-corrected chi connectivity index (χ1v) is 5.88. The Kier molecular flexibility index (Phi) is 3.19. The van der Waals surface area contributed by atoms with E-state index in [0.29, 0.717) is 23.6 Å². The Morgan fingerprint density at radius 3 is 2.78 bits per heavy atom. The lowest BCUT2D eigenvalue weighted by atomic mass is 10.0. The number of benzene rings is 1. The van der Waals surface area contributed by atoms with Gasteiger partial charge in [0.1, 0.15) is 5.56 Å². The Labute approximate surface area is 106 Å². The average molecular weight is 244 g/mol. The summed E-state index contributed by atoms with van der Waals surface area (Å²) in [6.45, 7) is 5.81. The topological polar surface area (TPSA) is 65.2 Å². The fourth-order valence-electron chi connectivity index (χ4n) is 2.11.